The van der Waals surface area contributed by atoms with Crippen LogP contribution < -0.4 is 0 Å². The third-order valence-electron chi connectivity index (χ3n) is 4.76. The first-order chi connectivity index (χ1) is 10.7. The predicted octanol–water partition coefficient (Wildman–Crippen LogP) is 2.07. The van der Waals surface area contributed by atoms with E-state index in [0.29, 0.717) is 0 Å². The first-order valence-electron chi connectivity index (χ1n) is 8.14. The first kappa shape index (κ1) is 17.9. The monoisotopic (exact) mass is 322 g/mol. The molecule has 0 unspecified atom stereocenters. The number of rotatable bonds is 4. The van der Waals surface area contributed by atoms with E-state index in [2.05, 4.69) is 6.08 Å². The van der Waals surface area contributed by atoms with E-state index in [1.807, 2.05) is 26.8 Å². The van der Waals surface area contributed by atoms with Crippen molar-refractivity contribution >= 4 is 11.8 Å². The van der Waals surface area contributed by atoms with Crippen LogP contribution in [-0.2, 0) is 14.3 Å². The van der Waals surface area contributed by atoms with E-state index in [1.165, 1.54) is 5.57 Å². The zero-order valence-corrected chi connectivity index (χ0v) is 14.0. The van der Waals surface area contributed by atoms with Gasteiger partial charge >= 0.3 is 5.97 Å². The van der Waals surface area contributed by atoms with Crippen molar-refractivity contribution in [3.8, 4) is 0 Å². The molecule has 2 aliphatic rings. The fourth-order valence-electron chi connectivity index (χ4n) is 3.38. The van der Waals surface area contributed by atoms with Gasteiger partial charge in [-0.1, -0.05) is 17.2 Å². The van der Waals surface area contributed by atoms with E-state index in [4.69, 9.17) is 4.74 Å². The van der Waals surface area contributed by atoms with Gasteiger partial charge in [0.15, 0.2) is 0 Å². The van der Waals surface area contributed by atoms with Gasteiger partial charge in [0.25, 0.3) is 0 Å². The second kappa shape index (κ2) is 6.97. The molecule has 2 N–H and O–H groups in total. The average molecular weight is 322 g/mol. The van der Waals surface area contributed by atoms with Gasteiger partial charge in [-0.3, -0.25) is 9.59 Å². The Balaban J connectivity index is 2.17. The average Bonchev–Trinajstić information content (AvgIpc) is 2.73. The van der Waals surface area contributed by atoms with Crippen LogP contribution in [0.4, 0.5) is 0 Å². The lowest BCUT2D eigenvalue weighted by molar-refractivity contribution is -0.146. The number of allylic oxidation sites excluding steroid dienone is 3. The molecule has 4 atom stereocenters. The number of hydrogen-bond acceptors (Lipinski definition) is 5. The van der Waals surface area contributed by atoms with Crippen molar-refractivity contribution in [2.75, 3.05) is 0 Å². The van der Waals surface area contributed by atoms with Crippen molar-refractivity contribution in [3.63, 3.8) is 0 Å². The lowest BCUT2D eigenvalue weighted by Crippen LogP contribution is -2.50. The minimum absolute atomic E-state index is 0.0158. The third-order valence-corrected chi connectivity index (χ3v) is 4.76. The summed E-state index contributed by atoms with van der Waals surface area (Å²) in [7, 11) is 0. The summed E-state index contributed by atoms with van der Waals surface area (Å²) in [6.45, 7) is 6.04. The maximum Gasteiger partial charge on any atom is 0.307 e. The summed E-state index contributed by atoms with van der Waals surface area (Å²) < 4.78 is 5.36. The van der Waals surface area contributed by atoms with Gasteiger partial charge in [0.2, 0.25) is 0 Å². The summed E-state index contributed by atoms with van der Waals surface area (Å²) in [6.07, 6.45) is 2.94. The van der Waals surface area contributed by atoms with Gasteiger partial charge in [0.1, 0.15) is 11.9 Å². The molecule has 2 fully saturated rings. The molecule has 0 amide bonds. The highest BCUT2D eigenvalue weighted by Gasteiger charge is 2.57. The molecular formula is C18H26O5. The van der Waals surface area contributed by atoms with Crippen LogP contribution in [0.3, 0.4) is 0 Å². The predicted molar refractivity (Wildman–Crippen MR) is 85.6 cm³/mol. The lowest BCUT2D eigenvalue weighted by Gasteiger charge is -2.38. The van der Waals surface area contributed by atoms with Crippen molar-refractivity contribution in [1.82, 2.24) is 0 Å². The van der Waals surface area contributed by atoms with Crippen LogP contribution in [0.25, 0.3) is 0 Å². The molecule has 1 aliphatic heterocycles. The summed E-state index contributed by atoms with van der Waals surface area (Å²) >= 11 is 0. The molecule has 0 aromatic carbocycles. The Bertz CT molecular complexity index is 544. The van der Waals surface area contributed by atoms with E-state index in [0.717, 1.165) is 18.4 Å². The molecule has 0 aromatic rings. The second-order valence-corrected chi connectivity index (χ2v) is 7.04. The highest BCUT2D eigenvalue weighted by atomic mass is 16.6. The Kier molecular flexibility index (Phi) is 5.42. The fourth-order valence-corrected chi connectivity index (χ4v) is 3.38. The highest BCUT2D eigenvalue weighted by Crippen LogP contribution is 2.46. The third kappa shape index (κ3) is 3.90. The number of carbonyl (C=O) groups excluding carboxylic acids is 2. The second-order valence-electron chi connectivity index (χ2n) is 7.04. The van der Waals surface area contributed by atoms with Gasteiger partial charge in [-0.05, 0) is 46.1 Å². The van der Waals surface area contributed by atoms with E-state index in [1.54, 1.807) is 0 Å². The summed E-state index contributed by atoms with van der Waals surface area (Å²) in [5.74, 6) is -0.611. The van der Waals surface area contributed by atoms with Crippen LogP contribution >= 0.6 is 0 Å². The number of aliphatic hydroxyl groups excluding tert-OH is 2. The molecule has 0 aromatic heterocycles. The van der Waals surface area contributed by atoms with Crippen LogP contribution in [0.2, 0.25) is 0 Å². The molecule has 0 bridgehead atoms. The molecule has 2 rings (SSSR count). The standard InChI is InChI=1S/C18H26O5/c1-11(2)5-4-6-12(3)7-16-18(10-17(22)23-16)9-14(20)13(19)8-15(18)21/h5,7,13-14,16,19-20H,4,6,8-10H2,1-3H3/t13-,14-,16+,18-/m0/s1. The molecule has 1 heterocycles. The number of esters is 1. The highest BCUT2D eigenvalue weighted by molar-refractivity contribution is 5.93. The number of aliphatic hydroxyl groups is 2. The molecule has 1 saturated carbocycles. The van der Waals surface area contributed by atoms with Crippen LogP contribution in [0.5, 0.6) is 0 Å². The zero-order chi connectivity index (χ0) is 17.2. The molecule has 5 heteroatoms. The Hall–Kier alpha value is -1.46. The molecule has 1 aliphatic carbocycles. The Labute approximate surface area is 137 Å². The summed E-state index contributed by atoms with van der Waals surface area (Å²) in [5.41, 5.74) is 1.28. The molecule has 1 saturated heterocycles. The molecule has 0 radical (unpaired) electrons. The van der Waals surface area contributed by atoms with Gasteiger partial charge in [0, 0.05) is 6.42 Å². The van der Waals surface area contributed by atoms with Crippen molar-refractivity contribution < 1.29 is 24.5 Å². The molecular weight excluding hydrogens is 296 g/mol. The Morgan fingerprint density at radius 1 is 1.26 bits per heavy atom. The van der Waals surface area contributed by atoms with E-state index in [-0.39, 0.29) is 25.0 Å². The summed E-state index contributed by atoms with van der Waals surface area (Å²) in [4.78, 5) is 24.3. The maximum absolute atomic E-state index is 12.5. The van der Waals surface area contributed by atoms with Gasteiger partial charge in [-0.15, -0.1) is 0 Å². The van der Waals surface area contributed by atoms with Gasteiger partial charge in [0.05, 0.1) is 24.0 Å². The fraction of sp³-hybridized carbons (Fsp3) is 0.667. The minimum atomic E-state index is -1.05. The van der Waals surface area contributed by atoms with Crippen LogP contribution in [0.1, 0.15) is 52.9 Å². The zero-order valence-electron chi connectivity index (χ0n) is 14.0. The topological polar surface area (TPSA) is 83.8 Å². The number of ether oxygens (including phenoxy) is 1. The van der Waals surface area contributed by atoms with Gasteiger partial charge in [-0.2, -0.15) is 0 Å². The lowest BCUT2D eigenvalue weighted by atomic mass is 9.66. The van der Waals surface area contributed by atoms with Crippen LogP contribution in [0.15, 0.2) is 23.3 Å². The Morgan fingerprint density at radius 2 is 1.96 bits per heavy atom. The van der Waals surface area contributed by atoms with Crippen molar-refractivity contribution in [1.29, 1.82) is 0 Å². The van der Waals surface area contributed by atoms with Crippen molar-refractivity contribution in [2.45, 2.75) is 71.2 Å². The number of cyclic esters (lactones) is 1. The minimum Gasteiger partial charge on any atom is -0.457 e. The normalized spacial score (nSPS) is 34.7. The summed E-state index contributed by atoms with van der Waals surface area (Å²) in [6, 6.07) is 0. The smallest absolute Gasteiger partial charge is 0.307 e. The Morgan fingerprint density at radius 3 is 2.61 bits per heavy atom. The molecule has 1 spiro atoms. The number of ketones is 1. The van der Waals surface area contributed by atoms with Crippen LogP contribution in [0, 0.1) is 5.41 Å². The number of carbonyl (C=O) groups is 2. The quantitative estimate of drug-likeness (QED) is 0.611. The SMILES string of the molecule is CC(C)=CCCC(C)=C[C@H]1OC(=O)C[C@]12C[C@H](O)[C@@H](O)CC2=O. The first-order valence-corrected chi connectivity index (χ1v) is 8.14. The van der Waals surface area contributed by atoms with Gasteiger partial charge in [-0.25, -0.2) is 0 Å². The van der Waals surface area contributed by atoms with Crippen molar-refractivity contribution in [2.24, 2.45) is 5.41 Å². The van der Waals surface area contributed by atoms with E-state index in [9.17, 15) is 19.8 Å². The van der Waals surface area contributed by atoms with Crippen LogP contribution in [-0.4, -0.2) is 40.3 Å². The number of Topliss-reactive ketones (excluding diaryl/α,β-unsaturated/α-hetero) is 1. The van der Waals surface area contributed by atoms with Crippen molar-refractivity contribution in [3.05, 3.63) is 23.3 Å². The van der Waals surface area contributed by atoms with E-state index < -0.39 is 29.7 Å². The largest absolute Gasteiger partial charge is 0.457 e. The van der Waals surface area contributed by atoms with Gasteiger partial charge < -0.3 is 14.9 Å². The molecule has 23 heavy (non-hydrogen) atoms. The maximum atomic E-state index is 12.5. The summed E-state index contributed by atoms with van der Waals surface area (Å²) in [5, 5.41) is 19.6. The van der Waals surface area contributed by atoms with E-state index >= 15 is 0 Å². The molecule has 128 valence electrons. The molecule has 5 nitrogen and oxygen atoms in total. The number of hydrogen-bond donors (Lipinski definition) is 2.